The molecule has 9 heteroatoms. The molecule has 37 heavy (non-hydrogen) atoms. The molecule has 4 heterocycles. The van der Waals surface area contributed by atoms with E-state index < -0.39 is 0 Å². The predicted molar refractivity (Wildman–Crippen MR) is 140 cm³/mol. The molecular formula is C28H29N7O2. The van der Waals surface area contributed by atoms with Crippen molar-refractivity contribution in [2.45, 2.75) is 25.3 Å². The normalized spacial score (nSPS) is 16.7. The molecule has 1 unspecified atom stereocenters. The van der Waals surface area contributed by atoms with Crippen LogP contribution >= 0.6 is 0 Å². The highest BCUT2D eigenvalue weighted by Gasteiger charge is 2.31. The molecule has 0 spiro atoms. The molecule has 2 aliphatic rings. The zero-order chi connectivity index (χ0) is 25.2. The summed E-state index contributed by atoms with van der Waals surface area (Å²) >= 11 is 0. The number of carbonyl (C=O) groups is 2. The fourth-order valence-electron chi connectivity index (χ4n) is 5.45. The molecule has 1 saturated heterocycles. The standard InChI is InChI=1S/C28H29N7O2/c36-27(20-10-12-34(13-11-20)26-24-25(31-17-30-24)32-18-33-26)29-14-22(19-6-2-1-3-7-19)16-35-15-21-8-4-5-9-23(21)28(35)37/h1-9,17-18,20,22H,10-16H2,(H,29,36)(H,30,31,32,33). The Morgan fingerprint density at radius 3 is 2.62 bits per heavy atom. The minimum absolute atomic E-state index is 0.0122. The Labute approximate surface area is 214 Å². The van der Waals surface area contributed by atoms with E-state index >= 15 is 0 Å². The lowest BCUT2D eigenvalue weighted by molar-refractivity contribution is -0.125. The van der Waals surface area contributed by atoms with Crippen molar-refractivity contribution in [1.82, 2.24) is 30.2 Å². The van der Waals surface area contributed by atoms with Crippen molar-refractivity contribution >= 4 is 28.8 Å². The summed E-state index contributed by atoms with van der Waals surface area (Å²) < 4.78 is 0. The maximum absolute atomic E-state index is 13.2. The number of benzene rings is 2. The van der Waals surface area contributed by atoms with Gasteiger partial charge in [0.1, 0.15) is 11.8 Å². The zero-order valence-electron chi connectivity index (χ0n) is 20.5. The molecule has 188 valence electrons. The summed E-state index contributed by atoms with van der Waals surface area (Å²) in [6, 6.07) is 17.9. The Balaban J connectivity index is 1.08. The van der Waals surface area contributed by atoms with Crippen molar-refractivity contribution in [3.63, 3.8) is 0 Å². The number of nitrogens with zero attached hydrogens (tertiary/aromatic N) is 5. The maximum atomic E-state index is 13.2. The fraction of sp³-hybridized carbons (Fsp3) is 0.321. The summed E-state index contributed by atoms with van der Waals surface area (Å²) in [6.45, 7) is 3.14. The maximum Gasteiger partial charge on any atom is 0.254 e. The van der Waals surface area contributed by atoms with Gasteiger partial charge < -0.3 is 20.1 Å². The van der Waals surface area contributed by atoms with Crippen molar-refractivity contribution in [2.24, 2.45) is 5.92 Å². The summed E-state index contributed by atoms with van der Waals surface area (Å²) in [5.74, 6) is 0.932. The first-order valence-electron chi connectivity index (χ1n) is 12.8. The van der Waals surface area contributed by atoms with E-state index in [4.69, 9.17) is 0 Å². The minimum atomic E-state index is -0.0514. The molecule has 0 saturated carbocycles. The topological polar surface area (TPSA) is 107 Å². The highest BCUT2D eigenvalue weighted by molar-refractivity contribution is 5.98. The molecule has 4 aromatic rings. The Morgan fingerprint density at radius 2 is 1.81 bits per heavy atom. The summed E-state index contributed by atoms with van der Waals surface area (Å²) in [7, 11) is 0. The third kappa shape index (κ3) is 4.64. The van der Waals surface area contributed by atoms with Gasteiger partial charge in [-0.05, 0) is 30.0 Å². The number of aromatic nitrogens is 4. The number of nitrogens with one attached hydrogen (secondary N) is 2. The Kier molecular flexibility index (Phi) is 6.26. The monoisotopic (exact) mass is 495 g/mol. The number of fused-ring (bicyclic) bond motifs is 2. The number of piperidine rings is 1. The van der Waals surface area contributed by atoms with Gasteiger partial charge in [-0.1, -0.05) is 48.5 Å². The fourth-order valence-corrected chi connectivity index (χ4v) is 5.45. The van der Waals surface area contributed by atoms with Crippen molar-refractivity contribution < 1.29 is 9.59 Å². The number of amides is 2. The molecule has 0 aliphatic carbocycles. The smallest absolute Gasteiger partial charge is 0.254 e. The van der Waals surface area contributed by atoms with E-state index in [1.807, 2.05) is 47.4 Å². The highest BCUT2D eigenvalue weighted by atomic mass is 16.2. The van der Waals surface area contributed by atoms with Crippen molar-refractivity contribution in [3.05, 3.63) is 83.9 Å². The Bertz CT molecular complexity index is 1410. The predicted octanol–water partition coefficient (Wildman–Crippen LogP) is 3.13. The van der Waals surface area contributed by atoms with E-state index in [0.717, 1.165) is 54.0 Å². The molecule has 2 aromatic heterocycles. The van der Waals surface area contributed by atoms with E-state index in [1.165, 1.54) is 6.33 Å². The Hall–Kier alpha value is -4.27. The molecule has 2 amide bonds. The first kappa shape index (κ1) is 23.1. The third-order valence-electron chi connectivity index (χ3n) is 7.50. The van der Waals surface area contributed by atoms with Crippen LogP contribution in [0.1, 0.15) is 40.2 Å². The average Bonchev–Trinajstić information content (AvgIpc) is 3.56. The first-order chi connectivity index (χ1) is 18.2. The first-order valence-corrected chi connectivity index (χ1v) is 12.8. The zero-order valence-corrected chi connectivity index (χ0v) is 20.5. The lowest BCUT2D eigenvalue weighted by Crippen LogP contribution is -2.43. The molecular weight excluding hydrogens is 466 g/mol. The van der Waals surface area contributed by atoms with Gasteiger partial charge in [-0.2, -0.15) is 0 Å². The summed E-state index contributed by atoms with van der Waals surface area (Å²) in [4.78, 5) is 46.2. The molecule has 2 N–H and O–H groups in total. The quantitative estimate of drug-likeness (QED) is 0.408. The van der Waals surface area contributed by atoms with Gasteiger partial charge in [0, 0.05) is 50.1 Å². The lowest BCUT2D eigenvalue weighted by atomic mass is 9.94. The number of hydrogen-bond donors (Lipinski definition) is 2. The number of H-pyrrole nitrogens is 1. The second-order valence-corrected chi connectivity index (χ2v) is 9.76. The van der Waals surface area contributed by atoms with Gasteiger partial charge in [0.05, 0.1) is 6.33 Å². The summed E-state index contributed by atoms with van der Waals surface area (Å²) in [6.07, 6.45) is 4.66. The number of imidazole rings is 1. The number of anilines is 1. The van der Waals surface area contributed by atoms with Crippen LogP contribution in [0.3, 0.4) is 0 Å². The second kappa shape index (κ2) is 10.0. The molecule has 0 bridgehead atoms. The van der Waals surface area contributed by atoms with Gasteiger partial charge in [-0.15, -0.1) is 0 Å². The van der Waals surface area contributed by atoms with Crippen LogP contribution < -0.4 is 10.2 Å². The highest BCUT2D eigenvalue weighted by Crippen LogP contribution is 2.28. The van der Waals surface area contributed by atoms with Crippen molar-refractivity contribution in [1.29, 1.82) is 0 Å². The van der Waals surface area contributed by atoms with Gasteiger partial charge in [0.25, 0.3) is 5.91 Å². The van der Waals surface area contributed by atoms with E-state index in [0.29, 0.717) is 25.3 Å². The minimum Gasteiger partial charge on any atom is -0.355 e. The van der Waals surface area contributed by atoms with Gasteiger partial charge in [-0.3, -0.25) is 9.59 Å². The molecule has 9 nitrogen and oxygen atoms in total. The van der Waals surface area contributed by atoms with E-state index in [9.17, 15) is 9.59 Å². The number of rotatable bonds is 7. The van der Waals surface area contributed by atoms with Gasteiger partial charge in [0.15, 0.2) is 11.5 Å². The third-order valence-corrected chi connectivity index (χ3v) is 7.50. The summed E-state index contributed by atoms with van der Waals surface area (Å²) in [5, 5.41) is 3.20. The molecule has 1 fully saturated rings. The molecule has 2 aromatic carbocycles. The number of carbonyl (C=O) groups excluding carboxylic acids is 2. The van der Waals surface area contributed by atoms with E-state index in [2.05, 4.69) is 42.3 Å². The van der Waals surface area contributed by atoms with Crippen molar-refractivity contribution in [3.8, 4) is 0 Å². The van der Waals surface area contributed by atoms with E-state index in [-0.39, 0.29) is 23.7 Å². The number of aromatic amines is 1. The van der Waals surface area contributed by atoms with Gasteiger partial charge in [0.2, 0.25) is 5.91 Å². The van der Waals surface area contributed by atoms with Gasteiger partial charge in [-0.25, -0.2) is 15.0 Å². The van der Waals surface area contributed by atoms with E-state index in [1.54, 1.807) is 6.33 Å². The summed E-state index contributed by atoms with van der Waals surface area (Å²) in [5.41, 5.74) is 4.44. The lowest BCUT2D eigenvalue weighted by Gasteiger charge is -2.32. The van der Waals surface area contributed by atoms with Crippen LogP contribution in [-0.4, -0.2) is 62.8 Å². The second-order valence-electron chi connectivity index (χ2n) is 9.76. The van der Waals surface area contributed by atoms with Crippen LogP contribution in [0.4, 0.5) is 5.82 Å². The van der Waals surface area contributed by atoms with Gasteiger partial charge >= 0.3 is 0 Å². The van der Waals surface area contributed by atoms with Crippen LogP contribution in [0, 0.1) is 5.92 Å². The largest absolute Gasteiger partial charge is 0.355 e. The van der Waals surface area contributed by atoms with Crippen LogP contribution in [0.5, 0.6) is 0 Å². The van der Waals surface area contributed by atoms with Crippen LogP contribution in [0.15, 0.2) is 67.3 Å². The molecule has 1 atom stereocenters. The van der Waals surface area contributed by atoms with Crippen LogP contribution in [-0.2, 0) is 11.3 Å². The van der Waals surface area contributed by atoms with Crippen LogP contribution in [0.25, 0.3) is 11.2 Å². The number of hydrogen-bond acceptors (Lipinski definition) is 6. The van der Waals surface area contributed by atoms with Crippen LogP contribution in [0.2, 0.25) is 0 Å². The average molecular weight is 496 g/mol. The molecule has 2 aliphatic heterocycles. The molecule has 6 rings (SSSR count). The molecule has 0 radical (unpaired) electrons. The Morgan fingerprint density at radius 1 is 1.03 bits per heavy atom. The van der Waals surface area contributed by atoms with Crippen molar-refractivity contribution in [2.75, 3.05) is 31.1 Å². The SMILES string of the molecule is O=C(NCC(CN1Cc2ccccc2C1=O)c1ccccc1)C1CCN(c2ncnc3nc[nH]c23)CC1.